The fourth-order valence-corrected chi connectivity index (χ4v) is 1.61. The Morgan fingerprint density at radius 1 is 1.43 bits per heavy atom. The van der Waals surface area contributed by atoms with Crippen LogP contribution in [0, 0.1) is 6.92 Å². The van der Waals surface area contributed by atoms with Gasteiger partial charge < -0.3 is 10.1 Å². The average molecular weight is 253 g/mol. The van der Waals surface area contributed by atoms with Crippen molar-refractivity contribution in [1.82, 2.24) is 9.97 Å². The van der Waals surface area contributed by atoms with E-state index in [1.165, 1.54) is 0 Å². The van der Waals surface area contributed by atoms with Crippen LogP contribution in [0.5, 0.6) is 5.75 Å². The van der Waals surface area contributed by atoms with Crippen LogP contribution < -0.4 is 0 Å². The number of aromatic amines is 1. The van der Waals surface area contributed by atoms with Crippen LogP contribution in [-0.2, 0) is 0 Å². The molecule has 0 saturated heterocycles. The van der Waals surface area contributed by atoms with Gasteiger partial charge in [-0.25, -0.2) is 4.98 Å². The smallest absolute Gasteiger partial charge is 0.141 e. The minimum atomic E-state index is 0.225. The fourth-order valence-electron chi connectivity index (χ4n) is 1.25. The summed E-state index contributed by atoms with van der Waals surface area (Å²) in [5, 5.41) is 9.62. The number of halogens is 1. The van der Waals surface area contributed by atoms with Crippen LogP contribution in [-0.4, -0.2) is 15.1 Å². The highest BCUT2D eigenvalue weighted by atomic mass is 79.9. The summed E-state index contributed by atoms with van der Waals surface area (Å²) in [6.45, 7) is 1.92. The van der Waals surface area contributed by atoms with Crippen molar-refractivity contribution < 1.29 is 5.11 Å². The van der Waals surface area contributed by atoms with Gasteiger partial charge in [-0.15, -0.1) is 0 Å². The second-order valence-electron chi connectivity index (χ2n) is 3.08. The van der Waals surface area contributed by atoms with Crippen molar-refractivity contribution >= 4 is 15.9 Å². The molecule has 1 heterocycles. The van der Waals surface area contributed by atoms with Gasteiger partial charge in [0, 0.05) is 16.4 Å². The van der Waals surface area contributed by atoms with Crippen LogP contribution in [0.4, 0.5) is 0 Å². The molecule has 0 amide bonds. The minimum absolute atomic E-state index is 0.225. The zero-order valence-electron chi connectivity index (χ0n) is 7.58. The Hall–Kier alpha value is -1.29. The normalized spacial score (nSPS) is 10.4. The van der Waals surface area contributed by atoms with Crippen LogP contribution in [0.2, 0.25) is 0 Å². The molecule has 2 rings (SSSR count). The first-order valence-electron chi connectivity index (χ1n) is 4.17. The van der Waals surface area contributed by atoms with E-state index in [0.29, 0.717) is 11.4 Å². The first kappa shape index (κ1) is 9.27. The van der Waals surface area contributed by atoms with Gasteiger partial charge in [0.1, 0.15) is 11.6 Å². The van der Waals surface area contributed by atoms with Gasteiger partial charge in [-0.3, -0.25) is 0 Å². The number of hydrogen-bond donors (Lipinski definition) is 2. The van der Waals surface area contributed by atoms with Gasteiger partial charge in [0.15, 0.2) is 0 Å². The van der Waals surface area contributed by atoms with E-state index in [9.17, 15) is 5.11 Å². The van der Waals surface area contributed by atoms with Crippen molar-refractivity contribution in [1.29, 1.82) is 0 Å². The molecule has 3 nitrogen and oxygen atoms in total. The molecule has 72 valence electrons. The Balaban J connectivity index is 2.55. The molecule has 0 bridgehead atoms. The van der Waals surface area contributed by atoms with E-state index in [0.717, 1.165) is 10.2 Å². The quantitative estimate of drug-likeness (QED) is 0.820. The van der Waals surface area contributed by atoms with E-state index in [2.05, 4.69) is 25.9 Å². The lowest BCUT2D eigenvalue weighted by Gasteiger charge is -2.01. The summed E-state index contributed by atoms with van der Waals surface area (Å²) in [6.07, 6.45) is 1.73. The number of nitrogens with zero attached hydrogens (tertiary/aromatic N) is 1. The van der Waals surface area contributed by atoms with Crippen LogP contribution in [0.1, 0.15) is 5.69 Å². The summed E-state index contributed by atoms with van der Waals surface area (Å²) >= 11 is 3.35. The maximum atomic E-state index is 9.62. The molecule has 0 aliphatic rings. The molecule has 0 atom stereocenters. The van der Waals surface area contributed by atoms with E-state index < -0.39 is 0 Å². The molecule has 0 fully saturated rings. The number of aryl methyl sites for hydroxylation is 1. The van der Waals surface area contributed by atoms with Crippen LogP contribution >= 0.6 is 15.9 Å². The Kier molecular flexibility index (Phi) is 2.29. The standard InChI is InChI=1S/C10H9BrN2O/c1-6-5-12-10(13-6)8-4-7(11)2-3-9(8)14/h2-5,14H,1H3,(H,12,13). The first-order valence-corrected chi connectivity index (χ1v) is 4.96. The van der Waals surface area contributed by atoms with Gasteiger partial charge in [0.2, 0.25) is 0 Å². The molecule has 14 heavy (non-hydrogen) atoms. The zero-order valence-corrected chi connectivity index (χ0v) is 9.17. The molecule has 2 N–H and O–H groups in total. The summed E-state index contributed by atoms with van der Waals surface area (Å²) in [7, 11) is 0. The monoisotopic (exact) mass is 252 g/mol. The van der Waals surface area contributed by atoms with E-state index >= 15 is 0 Å². The summed E-state index contributed by atoms with van der Waals surface area (Å²) in [5.41, 5.74) is 1.67. The van der Waals surface area contributed by atoms with Crippen molar-refractivity contribution in [3.63, 3.8) is 0 Å². The number of benzene rings is 1. The van der Waals surface area contributed by atoms with Gasteiger partial charge in [-0.1, -0.05) is 15.9 Å². The number of nitrogens with one attached hydrogen (secondary N) is 1. The van der Waals surface area contributed by atoms with Gasteiger partial charge in [0.05, 0.1) is 5.56 Å². The van der Waals surface area contributed by atoms with Crippen LogP contribution in [0.25, 0.3) is 11.4 Å². The van der Waals surface area contributed by atoms with Gasteiger partial charge in [-0.05, 0) is 25.1 Å². The number of phenols is 1. The summed E-state index contributed by atoms with van der Waals surface area (Å²) in [4.78, 5) is 7.22. The Morgan fingerprint density at radius 3 is 2.86 bits per heavy atom. The molecular formula is C10H9BrN2O. The number of rotatable bonds is 1. The molecule has 1 aromatic carbocycles. The van der Waals surface area contributed by atoms with E-state index in [-0.39, 0.29) is 5.75 Å². The summed E-state index contributed by atoms with van der Waals surface area (Å²) in [5.74, 6) is 0.906. The van der Waals surface area contributed by atoms with Crippen LogP contribution in [0.15, 0.2) is 28.9 Å². The third kappa shape index (κ3) is 1.65. The van der Waals surface area contributed by atoms with E-state index in [1.54, 1.807) is 18.3 Å². The Bertz CT molecular complexity index is 465. The molecule has 0 saturated carbocycles. The van der Waals surface area contributed by atoms with Gasteiger partial charge >= 0.3 is 0 Å². The average Bonchev–Trinajstić information content (AvgIpc) is 2.56. The Labute approximate surface area is 89.9 Å². The van der Waals surface area contributed by atoms with Gasteiger partial charge in [0.25, 0.3) is 0 Å². The largest absolute Gasteiger partial charge is 0.507 e. The number of hydrogen-bond acceptors (Lipinski definition) is 2. The zero-order chi connectivity index (χ0) is 10.1. The molecular weight excluding hydrogens is 244 g/mol. The molecule has 2 aromatic rings. The van der Waals surface area contributed by atoms with Crippen molar-refractivity contribution in [2.24, 2.45) is 0 Å². The lowest BCUT2D eigenvalue weighted by atomic mass is 10.2. The maximum absolute atomic E-state index is 9.62. The molecule has 0 spiro atoms. The van der Waals surface area contributed by atoms with Gasteiger partial charge in [-0.2, -0.15) is 0 Å². The predicted octanol–water partition coefficient (Wildman–Crippen LogP) is 2.85. The van der Waals surface area contributed by atoms with E-state index in [4.69, 9.17) is 0 Å². The second kappa shape index (κ2) is 3.46. The highest BCUT2D eigenvalue weighted by Gasteiger charge is 2.07. The third-order valence-electron chi connectivity index (χ3n) is 1.92. The maximum Gasteiger partial charge on any atom is 0.141 e. The molecule has 0 aliphatic carbocycles. The van der Waals surface area contributed by atoms with Crippen molar-refractivity contribution in [2.45, 2.75) is 6.92 Å². The lowest BCUT2D eigenvalue weighted by molar-refractivity contribution is 0.477. The number of aromatic hydroxyl groups is 1. The van der Waals surface area contributed by atoms with Crippen molar-refractivity contribution in [3.8, 4) is 17.1 Å². The molecule has 0 unspecified atom stereocenters. The lowest BCUT2D eigenvalue weighted by Crippen LogP contribution is -1.82. The van der Waals surface area contributed by atoms with Crippen LogP contribution in [0.3, 0.4) is 0 Å². The SMILES string of the molecule is Cc1cnc(-c2cc(Br)ccc2O)[nH]1. The van der Waals surface area contributed by atoms with E-state index in [1.807, 2.05) is 13.0 Å². The second-order valence-corrected chi connectivity index (χ2v) is 3.99. The topological polar surface area (TPSA) is 48.9 Å². The predicted molar refractivity (Wildman–Crippen MR) is 58.1 cm³/mol. The number of aromatic nitrogens is 2. The fraction of sp³-hybridized carbons (Fsp3) is 0.100. The highest BCUT2D eigenvalue weighted by molar-refractivity contribution is 9.10. The number of imidazole rings is 1. The first-order chi connectivity index (χ1) is 6.66. The van der Waals surface area contributed by atoms with Crippen molar-refractivity contribution in [3.05, 3.63) is 34.6 Å². The highest BCUT2D eigenvalue weighted by Crippen LogP contribution is 2.29. The molecule has 0 radical (unpaired) electrons. The number of phenolic OH excluding ortho intramolecular Hbond substituents is 1. The summed E-state index contributed by atoms with van der Waals surface area (Å²) in [6, 6.07) is 5.25. The minimum Gasteiger partial charge on any atom is -0.507 e. The third-order valence-corrected chi connectivity index (χ3v) is 2.41. The number of H-pyrrole nitrogens is 1. The molecule has 0 aliphatic heterocycles. The van der Waals surface area contributed by atoms with Crippen molar-refractivity contribution in [2.75, 3.05) is 0 Å². The molecule has 1 aromatic heterocycles. The molecule has 4 heteroatoms. The summed E-state index contributed by atoms with van der Waals surface area (Å²) < 4.78 is 0.916. The Morgan fingerprint density at radius 2 is 2.21 bits per heavy atom.